The fourth-order valence-electron chi connectivity index (χ4n) is 4.01. The molecular formula is C19H28O6. The Labute approximate surface area is 149 Å². The van der Waals surface area contributed by atoms with Gasteiger partial charge in [-0.2, -0.15) is 0 Å². The molecule has 6 nitrogen and oxygen atoms in total. The van der Waals surface area contributed by atoms with Crippen LogP contribution in [0.3, 0.4) is 0 Å². The normalized spacial score (nSPS) is 27.0. The van der Waals surface area contributed by atoms with Gasteiger partial charge in [0.25, 0.3) is 0 Å². The van der Waals surface area contributed by atoms with Gasteiger partial charge < -0.3 is 18.9 Å². The molecule has 0 heterocycles. The Morgan fingerprint density at radius 1 is 0.800 bits per heavy atom. The van der Waals surface area contributed by atoms with Crippen LogP contribution in [0.5, 0.6) is 0 Å². The molecule has 0 N–H and O–H groups in total. The summed E-state index contributed by atoms with van der Waals surface area (Å²) < 4.78 is 21.3. The molecule has 6 heteroatoms. The summed E-state index contributed by atoms with van der Waals surface area (Å²) in [5.74, 6) is 1.54. The molecule has 0 aromatic rings. The van der Waals surface area contributed by atoms with Gasteiger partial charge in [-0.15, -0.1) is 0 Å². The van der Waals surface area contributed by atoms with Crippen molar-refractivity contribution in [1.82, 2.24) is 0 Å². The number of hydrogen-bond donors (Lipinski definition) is 0. The fourth-order valence-corrected chi connectivity index (χ4v) is 4.01. The van der Waals surface area contributed by atoms with E-state index in [0.29, 0.717) is 50.1 Å². The quantitative estimate of drug-likeness (QED) is 0.304. The molecule has 2 bridgehead atoms. The number of ether oxygens (including phenoxy) is 4. The van der Waals surface area contributed by atoms with Crippen LogP contribution in [0.15, 0.2) is 25.3 Å². The van der Waals surface area contributed by atoms with Crippen LogP contribution in [0.25, 0.3) is 0 Å². The minimum atomic E-state index is -0.424. The largest absolute Gasteiger partial charge is 0.460 e. The average molecular weight is 352 g/mol. The molecule has 4 atom stereocenters. The molecule has 0 saturated heterocycles. The Morgan fingerprint density at radius 3 is 1.64 bits per heavy atom. The van der Waals surface area contributed by atoms with Crippen LogP contribution in [0, 0.1) is 23.7 Å². The van der Waals surface area contributed by atoms with Crippen LogP contribution in [0.4, 0.5) is 0 Å². The minimum Gasteiger partial charge on any atom is -0.460 e. The first-order chi connectivity index (χ1) is 12.2. The molecule has 4 unspecified atom stereocenters. The zero-order valence-electron chi connectivity index (χ0n) is 14.7. The Morgan fingerprint density at radius 2 is 1.24 bits per heavy atom. The molecule has 0 amide bonds. The molecular weight excluding hydrogens is 324 g/mol. The van der Waals surface area contributed by atoms with E-state index in [0.717, 1.165) is 12.2 Å². The van der Waals surface area contributed by atoms with Gasteiger partial charge in [0, 0.05) is 12.2 Å². The second-order valence-corrected chi connectivity index (χ2v) is 6.55. The number of carbonyl (C=O) groups is 2. The van der Waals surface area contributed by atoms with Crippen LogP contribution < -0.4 is 0 Å². The molecule has 25 heavy (non-hydrogen) atoms. The van der Waals surface area contributed by atoms with E-state index in [1.54, 1.807) is 0 Å². The molecule has 0 aromatic carbocycles. The molecule has 2 saturated carbocycles. The highest BCUT2D eigenvalue weighted by Crippen LogP contribution is 2.52. The van der Waals surface area contributed by atoms with Crippen LogP contribution in [-0.4, -0.2) is 51.6 Å². The summed E-state index contributed by atoms with van der Waals surface area (Å²) in [4.78, 5) is 21.9. The summed E-state index contributed by atoms with van der Waals surface area (Å²) in [6, 6.07) is 0. The van der Waals surface area contributed by atoms with Crippen molar-refractivity contribution in [3.63, 3.8) is 0 Å². The van der Waals surface area contributed by atoms with Crippen molar-refractivity contribution in [3.05, 3.63) is 25.3 Å². The third-order valence-corrected chi connectivity index (χ3v) is 5.17. The smallest absolute Gasteiger partial charge is 0.330 e. The van der Waals surface area contributed by atoms with Gasteiger partial charge in [-0.25, -0.2) is 9.59 Å². The maximum atomic E-state index is 11.0. The van der Waals surface area contributed by atoms with Gasteiger partial charge in [-0.05, 0) is 42.9 Å². The number of esters is 2. The third kappa shape index (κ3) is 5.97. The molecule has 2 aliphatic rings. The van der Waals surface area contributed by atoms with E-state index in [1.165, 1.54) is 19.3 Å². The summed E-state index contributed by atoms with van der Waals surface area (Å²) in [6.45, 7) is 9.36. The summed E-state index contributed by atoms with van der Waals surface area (Å²) >= 11 is 0. The van der Waals surface area contributed by atoms with Gasteiger partial charge in [0.2, 0.25) is 0 Å². The highest BCUT2D eigenvalue weighted by molar-refractivity contribution is 5.81. The van der Waals surface area contributed by atoms with Crippen molar-refractivity contribution >= 4 is 11.9 Å². The van der Waals surface area contributed by atoms with Crippen LogP contribution in [-0.2, 0) is 28.5 Å². The highest BCUT2D eigenvalue weighted by atomic mass is 16.6. The monoisotopic (exact) mass is 352 g/mol. The molecule has 0 radical (unpaired) electrons. The SMILES string of the molecule is C=CC(=O)OCCOCC1C2CCC(C2)C1COCCOC(=O)C=C. The first-order valence-electron chi connectivity index (χ1n) is 8.89. The van der Waals surface area contributed by atoms with E-state index in [9.17, 15) is 9.59 Å². The standard InChI is InChI=1S/C19H28O6/c1-3-18(20)24-9-7-22-12-16-14-5-6-15(11-14)17(16)13-23-8-10-25-19(21)4-2/h3-4,14-17H,1-2,5-13H2. The van der Waals surface area contributed by atoms with E-state index in [2.05, 4.69) is 13.2 Å². The Bertz CT molecular complexity index is 433. The third-order valence-electron chi connectivity index (χ3n) is 5.17. The average Bonchev–Trinajstić information content (AvgIpc) is 3.22. The molecule has 140 valence electrons. The number of rotatable bonds is 12. The van der Waals surface area contributed by atoms with Crippen molar-refractivity contribution in [3.8, 4) is 0 Å². The molecule has 2 aliphatic carbocycles. The summed E-state index contributed by atoms with van der Waals surface area (Å²) in [5.41, 5.74) is 0. The second kappa shape index (κ2) is 10.4. The minimum absolute atomic E-state index is 0.251. The first-order valence-corrected chi connectivity index (χ1v) is 8.89. The van der Waals surface area contributed by atoms with E-state index in [-0.39, 0.29) is 13.2 Å². The Hall–Kier alpha value is -1.66. The molecule has 0 aliphatic heterocycles. The number of carbonyl (C=O) groups excluding carboxylic acids is 2. The van der Waals surface area contributed by atoms with Gasteiger partial charge in [0.05, 0.1) is 26.4 Å². The van der Waals surface area contributed by atoms with Gasteiger partial charge >= 0.3 is 11.9 Å². The molecule has 2 fully saturated rings. The predicted molar refractivity (Wildman–Crippen MR) is 91.8 cm³/mol. The van der Waals surface area contributed by atoms with Gasteiger partial charge in [-0.3, -0.25) is 0 Å². The van der Waals surface area contributed by atoms with Crippen LogP contribution >= 0.6 is 0 Å². The second-order valence-electron chi connectivity index (χ2n) is 6.55. The van der Waals surface area contributed by atoms with Gasteiger partial charge in [-0.1, -0.05) is 13.2 Å². The lowest BCUT2D eigenvalue weighted by Crippen LogP contribution is -2.31. The zero-order chi connectivity index (χ0) is 18.1. The fraction of sp³-hybridized carbons (Fsp3) is 0.684. The summed E-state index contributed by atoms with van der Waals surface area (Å²) in [7, 11) is 0. The summed E-state index contributed by atoms with van der Waals surface area (Å²) in [6.07, 6.45) is 6.07. The van der Waals surface area contributed by atoms with Crippen molar-refractivity contribution in [1.29, 1.82) is 0 Å². The lowest BCUT2D eigenvalue weighted by molar-refractivity contribution is -0.140. The van der Waals surface area contributed by atoms with Crippen molar-refractivity contribution < 1.29 is 28.5 Å². The maximum absolute atomic E-state index is 11.0. The van der Waals surface area contributed by atoms with Crippen LogP contribution in [0.1, 0.15) is 19.3 Å². The topological polar surface area (TPSA) is 71.1 Å². The first kappa shape index (κ1) is 19.7. The molecule has 2 rings (SSSR count). The van der Waals surface area contributed by atoms with Crippen LogP contribution in [0.2, 0.25) is 0 Å². The van der Waals surface area contributed by atoms with E-state index in [1.807, 2.05) is 0 Å². The van der Waals surface area contributed by atoms with Gasteiger partial charge in [0.15, 0.2) is 0 Å². The Kier molecular flexibility index (Phi) is 8.15. The van der Waals surface area contributed by atoms with E-state index < -0.39 is 11.9 Å². The highest BCUT2D eigenvalue weighted by Gasteiger charge is 2.47. The van der Waals surface area contributed by atoms with Gasteiger partial charge in [0.1, 0.15) is 13.2 Å². The molecule has 0 spiro atoms. The lowest BCUT2D eigenvalue weighted by Gasteiger charge is -2.30. The zero-order valence-corrected chi connectivity index (χ0v) is 14.7. The number of hydrogen-bond acceptors (Lipinski definition) is 6. The number of fused-ring (bicyclic) bond motifs is 2. The molecule has 0 aromatic heterocycles. The predicted octanol–water partition coefficient (Wildman–Crippen LogP) is 2.14. The summed E-state index contributed by atoms with van der Waals surface area (Å²) in [5, 5.41) is 0. The lowest BCUT2D eigenvalue weighted by atomic mass is 9.80. The maximum Gasteiger partial charge on any atom is 0.330 e. The van der Waals surface area contributed by atoms with Crippen molar-refractivity contribution in [2.24, 2.45) is 23.7 Å². The van der Waals surface area contributed by atoms with E-state index in [4.69, 9.17) is 18.9 Å². The van der Waals surface area contributed by atoms with Crippen molar-refractivity contribution in [2.75, 3.05) is 39.6 Å². The van der Waals surface area contributed by atoms with E-state index >= 15 is 0 Å². The Balaban J connectivity index is 1.64. The van der Waals surface area contributed by atoms with Crippen molar-refractivity contribution in [2.45, 2.75) is 19.3 Å².